The van der Waals surface area contributed by atoms with Crippen molar-refractivity contribution in [1.82, 2.24) is 0 Å². The Morgan fingerprint density at radius 2 is 1.35 bits per heavy atom. The van der Waals surface area contributed by atoms with Crippen molar-refractivity contribution in [1.29, 1.82) is 0 Å². The van der Waals surface area contributed by atoms with Crippen LogP contribution in [0.4, 0.5) is 0 Å². The Bertz CT molecular complexity index is 468. The van der Waals surface area contributed by atoms with Gasteiger partial charge in [-0.1, -0.05) is 60.7 Å². The molecular weight excluding hydrogens is 224 g/mol. The van der Waals surface area contributed by atoms with E-state index >= 15 is 0 Å². The largest absolute Gasteiger partial charge is 0.380 e. The molecule has 3 heteroatoms. The summed E-state index contributed by atoms with van der Waals surface area (Å²) in [5.41, 5.74) is 1.15. The molecule has 0 heterocycles. The molecule has 82 valence electrons. The van der Waals surface area contributed by atoms with Crippen LogP contribution in [0, 0.1) is 0 Å². The summed E-state index contributed by atoms with van der Waals surface area (Å²) in [7, 11) is 0. The summed E-state index contributed by atoms with van der Waals surface area (Å²) < 4.78 is 0. The normalized spacial score (nSPS) is 11.4. The van der Waals surface area contributed by atoms with Crippen molar-refractivity contribution >= 4 is 28.8 Å². The maximum Gasteiger partial charge on any atom is 0.195 e. The molecule has 1 atom stereocenters. The third-order valence-corrected chi connectivity index (χ3v) is 2.42. The Labute approximate surface area is 116 Å². The number of carbonyl (C=O) groups is 1. The van der Waals surface area contributed by atoms with E-state index in [1.807, 2.05) is 12.1 Å². The van der Waals surface area contributed by atoms with E-state index in [2.05, 4.69) is 0 Å². The van der Waals surface area contributed by atoms with Gasteiger partial charge in [-0.3, -0.25) is 4.79 Å². The van der Waals surface area contributed by atoms with Gasteiger partial charge in [-0.05, 0) is 5.56 Å². The Kier molecular flexibility index (Phi) is 5.35. The monoisotopic (exact) mass is 236 g/mol. The van der Waals surface area contributed by atoms with E-state index in [0.29, 0.717) is 11.1 Å². The highest BCUT2D eigenvalue weighted by atomic mass is 24.3. The first-order valence-electron chi connectivity index (χ1n) is 5.11. The van der Waals surface area contributed by atoms with Crippen LogP contribution in [0.2, 0.25) is 0 Å². The van der Waals surface area contributed by atoms with Crippen molar-refractivity contribution in [2.75, 3.05) is 0 Å². The lowest BCUT2D eigenvalue weighted by atomic mass is 10.0. The molecule has 0 fully saturated rings. The predicted octanol–water partition coefficient (Wildman–Crippen LogP) is 2.22. The zero-order valence-corrected chi connectivity index (χ0v) is 10.8. The van der Waals surface area contributed by atoms with E-state index in [1.54, 1.807) is 48.5 Å². The van der Waals surface area contributed by atoms with E-state index in [-0.39, 0.29) is 28.8 Å². The van der Waals surface area contributed by atoms with Crippen LogP contribution >= 0.6 is 0 Å². The van der Waals surface area contributed by atoms with E-state index in [9.17, 15) is 9.90 Å². The summed E-state index contributed by atoms with van der Waals surface area (Å²) >= 11 is 0. The van der Waals surface area contributed by atoms with Crippen molar-refractivity contribution in [3.8, 4) is 0 Å². The van der Waals surface area contributed by atoms with E-state index in [1.165, 1.54) is 0 Å². The van der Waals surface area contributed by atoms with Gasteiger partial charge in [0.05, 0.1) is 0 Å². The topological polar surface area (TPSA) is 37.3 Å². The van der Waals surface area contributed by atoms with Crippen molar-refractivity contribution in [2.24, 2.45) is 0 Å². The van der Waals surface area contributed by atoms with Gasteiger partial charge >= 0.3 is 0 Å². The number of ketones is 1. The molecule has 1 N–H and O–H groups in total. The highest BCUT2D eigenvalue weighted by Gasteiger charge is 2.18. The molecule has 0 aliphatic heterocycles. The van der Waals surface area contributed by atoms with Crippen LogP contribution in [0.5, 0.6) is 0 Å². The molecule has 2 nitrogen and oxygen atoms in total. The van der Waals surface area contributed by atoms with Gasteiger partial charge in [-0.2, -0.15) is 0 Å². The SMILES string of the molecule is O=C(c1ccccc1)C(O)c1ccccc1.[Mg]. The number of hydrogen-bond donors (Lipinski definition) is 1. The molecule has 0 saturated carbocycles. The lowest BCUT2D eigenvalue weighted by molar-refractivity contribution is 0.0747. The molecule has 0 amide bonds. The smallest absolute Gasteiger partial charge is 0.195 e. The van der Waals surface area contributed by atoms with Crippen LogP contribution in [0.25, 0.3) is 0 Å². The molecular formula is C14H12MgO2. The lowest BCUT2D eigenvalue weighted by Gasteiger charge is -2.09. The third-order valence-electron chi connectivity index (χ3n) is 2.42. The number of hydrogen-bond acceptors (Lipinski definition) is 2. The number of Topliss-reactive ketones (excluding diaryl/α,β-unsaturated/α-hetero) is 1. The van der Waals surface area contributed by atoms with Crippen molar-refractivity contribution in [2.45, 2.75) is 6.10 Å². The van der Waals surface area contributed by atoms with Crippen LogP contribution in [0.15, 0.2) is 60.7 Å². The number of carbonyl (C=O) groups excluding carboxylic acids is 1. The molecule has 0 saturated heterocycles. The number of benzene rings is 2. The minimum absolute atomic E-state index is 0. The Hall–Kier alpha value is -1.16. The molecule has 17 heavy (non-hydrogen) atoms. The van der Waals surface area contributed by atoms with Gasteiger partial charge < -0.3 is 5.11 Å². The molecule has 2 rings (SSSR count). The minimum atomic E-state index is -1.08. The standard InChI is InChI=1S/C14H12O2.Mg/c15-13(11-7-3-1-4-8-11)14(16)12-9-5-2-6-10-12;/h1-10,13,15H;. The first-order chi connectivity index (χ1) is 7.79. The highest BCUT2D eigenvalue weighted by Crippen LogP contribution is 2.17. The van der Waals surface area contributed by atoms with Crippen LogP contribution in [0.3, 0.4) is 0 Å². The highest BCUT2D eigenvalue weighted by molar-refractivity contribution is 5.99. The molecule has 0 aliphatic rings. The van der Waals surface area contributed by atoms with Gasteiger partial charge in [-0.25, -0.2) is 0 Å². The Balaban J connectivity index is 0.00000144. The van der Waals surface area contributed by atoms with Gasteiger partial charge in [0, 0.05) is 28.6 Å². The summed E-state index contributed by atoms with van der Waals surface area (Å²) in [5, 5.41) is 9.89. The van der Waals surface area contributed by atoms with Crippen LogP contribution in [-0.4, -0.2) is 33.9 Å². The quantitative estimate of drug-likeness (QED) is 0.655. The van der Waals surface area contributed by atoms with Crippen molar-refractivity contribution < 1.29 is 9.90 Å². The lowest BCUT2D eigenvalue weighted by Crippen LogP contribution is -2.11. The molecule has 2 aromatic carbocycles. The maximum atomic E-state index is 11.9. The first kappa shape index (κ1) is 13.9. The van der Waals surface area contributed by atoms with Gasteiger partial charge in [0.15, 0.2) is 5.78 Å². The summed E-state index contributed by atoms with van der Waals surface area (Å²) in [6.45, 7) is 0. The number of aliphatic hydroxyl groups is 1. The molecule has 2 aromatic rings. The van der Waals surface area contributed by atoms with Crippen molar-refractivity contribution in [3.05, 3.63) is 71.8 Å². The third kappa shape index (κ3) is 3.39. The van der Waals surface area contributed by atoms with Gasteiger partial charge in [0.25, 0.3) is 0 Å². The van der Waals surface area contributed by atoms with Crippen LogP contribution in [0.1, 0.15) is 22.0 Å². The zero-order chi connectivity index (χ0) is 11.4. The van der Waals surface area contributed by atoms with E-state index < -0.39 is 6.10 Å². The van der Waals surface area contributed by atoms with Gasteiger partial charge in [0.2, 0.25) is 0 Å². The Morgan fingerprint density at radius 3 is 1.88 bits per heavy atom. The first-order valence-corrected chi connectivity index (χ1v) is 5.11. The number of aliphatic hydroxyl groups excluding tert-OH is 1. The fourth-order valence-corrected chi connectivity index (χ4v) is 1.55. The summed E-state index contributed by atoms with van der Waals surface area (Å²) in [5.74, 6) is -0.271. The molecule has 2 radical (unpaired) electrons. The summed E-state index contributed by atoms with van der Waals surface area (Å²) in [6, 6.07) is 17.7. The molecule has 0 aromatic heterocycles. The molecule has 0 spiro atoms. The average Bonchev–Trinajstić information content (AvgIpc) is 2.39. The van der Waals surface area contributed by atoms with E-state index in [4.69, 9.17) is 0 Å². The second-order valence-corrected chi connectivity index (χ2v) is 3.54. The van der Waals surface area contributed by atoms with E-state index in [0.717, 1.165) is 0 Å². The Morgan fingerprint density at radius 1 is 0.882 bits per heavy atom. The van der Waals surface area contributed by atoms with Crippen LogP contribution in [-0.2, 0) is 0 Å². The maximum absolute atomic E-state index is 11.9. The zero-order valence-electron chi connectivity index (χ0n) is 9.41. The molecule has 1 unspecified atom stereocenters. The van der Waals surface area contributed by atoms with Gasteiger partial charge in [0.1, 0.15) is 6.10 Å². The van der Waals surface area contributed by atoms with Crippen molar-refractivity contribution in [3.63, 3.8) is 0 Å². The fraction of sp³-hybridized carbons (Fsp3) is 0.0714. The second kappa shape index (κ2) is 6.54. The fourth-order valence-electron chi connectivity index (χ4n) is 1.55. The second-order valence-electron chi connectivity index (χ2n) is 3.54. The summed E-state index contributed by atoms with van der Waals surface area (Å²) in [6.07, 6.45) is -1.08. The number of rotatable bonds is 3. The molecule has 0 bridgehead atoms. The van der Waals surface area contributed by atoms with Crippen LogP contribution < -0.4 is 0 Å². The van der Waals surface area contributed by atoms with Gasteiger partial charge in [-0.15, -0.1) is 0 Å². The summed E-state index contributed by atoms with van der Waals surface area (Å²) in [4.78, 5) is 11.9. The average molecular weight is 237 g/mol. The molecule has 0 aliphatic carbocycles. The predicted molar refractivity (Wildman–Crippen MR) is 67.9 cm³/mol. The minimum Gasteiger partial charge on any atom is -0.380 e.